The minimum atomic E-state index is -0.146. The summed E-state index contributed by atoms with van der Waals surface area (Å²) < 4.78 is 11.2. The molecule has 2 heterocycles. The summed E-state index contributed by atoms with van der Waals surface area (Å²) >= 11 is 0. The van der Waals surface area contributed by atoms with Gasteiger partial charge in [-0.05, 0) is 26.0 Å². The van der Waals surface area contributed by atoms with Crippen LogP contribution in [-0.4, -0.2) is 41.1 Å². The van der Waals surface area contributed by atoms with Crippen molar-refractivity contribution in [3.63, 3.8) is 0 Å². The third-order valence-electron chi connectivity index (χ3n) is 3.40. The molecule has 1 saturated heterocycles. The predicted molar refractivity (Wildman–Crippen MR) is 72.7 cm³/mol. The number of phenols is 1. The molecule has 1 aromatic carbocycles. The summed E-state index contributed by atoms with van der Waals surface area (Å²) in [5.41, 5.74) is 0.489. The average molecular weight is 275 g/mol. The summed E-state index contributed by atoms with van der Waals surface area (Å²) in [7, 11) is 0. The van der Waals surface area contributed by atoms with E-state index in [-0.39, 0.29) is 23.7 Å². The van der Waals surface area contributed by atoms with Crippen molar-refractivity contribution >= 4 is 5.78 Å². The normalized spacial score (nSPS) is 27.6. The molecule has 1 aromatic rings. The Bertz CT molecular complexity index is 571. The average Bonchev–Trinajstić information content (AvgIpc) is 2.64. The zero-order valence-electron chi connectivity index (χ0n) is 11.5. The first-order chi connectivity index (χ1) is 9.52. The van der Waals surface area contributed by atoms with E-state index >= 15 is 0 Å². The maximum absolute atomic E-state index is 12.2. The van der Waals surface area contributed by atoms with Crippen LogP contribution in [0.15, 0.2) is 30.2 Å². The molecular weight excluding hydrogens is 258 g/mol. The first-order valence-electron chi connectivity index (χ1n) is 6.70. The predicted octanol–water partition coefficient (Wildman–Crippen LogP) is 1.92. The van der Waals surface area contributed by atoms with Crippen LogP contribution < -0.4 is 4.74 Å². The van der Waals surface area contributed by atoms with Crippen molar-refractivity contribution in [2.75, 3.05) is 13.1 Å². The molecule has 0 radical (unpaired) electrons. The summed E-state index contributed by atoms with van der Waals surface area (Å²) in [6.07, 6.45) is 1.99. The molecule has 0 aliphatic carbocycles. The van der Waals surface area contributed by atoms with Crippen LogP contribution in [0.1, 0.15) is 24.2 Å². The van der Waals surface area contributed by atoms with E-state index in [9.17, 15) is 9.90 Å². The second-order valence-electron chi connectivity index (χ2n) is 5.32. The molecule has 20 heavy (non-hydrogen) atoms. The molecule has 1 N–H and O–H groups in total. The topological polar surface area (TPSA) is 59.0 Å². The number of rotatable bonds is 1. The minimum absolute atomic E-state index is 0.0893. The van der Waals surface area contributed by atoms with Gasteiger partial charge in [0, 0.05) is 25.4 Å². The van der Waals surface area contributed by atoms with Crippen molar-refractivity contribution in [2.45, 2.75) is 26.1 Å². The SMILES string of the molecule is C[C@@H]1CN(C=C2Oc3cc(O)ccc3C2=O)C[C@H](C)O1. The molecule has 0 aromatic heterocycles. The van der Waals surface area contributed by atoms with Crippen LogP contribution in [0.3, 0.4) is 0 Å². The van der Waals surface area contributed by atoms with Crippen LogP contribution in [0.2, 0.25) is 0 Å². The number of carbonyl (C=O) groups excluding carboxylic acids is 1. The van der Waals surface area contributed by atoms with Gasteiger partial charge in [0.15, 0.2) is 5.76 Å². The number of Topliss-reactive ketones (excluding diaryl/α,β-unsaturated/α-hetero) is 1. The smallest absolute Gasteiger partial charge is 0.233 e. The van der Waals surface area contributed by atoms with Crippen molar-refractivity contribution in [1.29, 1.82) is 0 Å². The molecule has 1 fully saturated rings. The molecule has 5 nitrogen and oxygen atoms in total. The lowest BCUT2D eigenvalue weighted by Crippen LogP contribution is -2.43. The first-order valence-corrected chi connectivity index (χ1v) is 6.70. The van der Waals surface area contributed by atoms with E-state index in [4.69, 9.17) is 9.47 Å². The highest BCUT2D eigenvalue weighted by Crippen LogP contribution is 2.33. The monoisotopic (exact) mass is 275 g/mol. The summed E-state index contributed by atoms with van der Waals surface area (Å²) in [6.45, 7) is 5.47. The molecule has 0 amide bonds. The molecule has 5 heteroatoms. The van der Waals surface area contributed by atoms with Crippen LogP contribution in [0, 0.1) is 0 Å². The number of hydrogen-bond donors (Lipinski definition) is 1. The lowest BCUT2D eigenvalue weighted by molar-refractivity contribution is -0.0546. The number of phenolic OH excluding ortho intramolecular Hbond substituents is 1. The third-order valence-corrected chi connectivity index (χ3v) is 3.40. The molecule has 0 saturated carbocycles. The van der Waals surface area contributed by atoms with Crippen LogP contribution in [-0.2, 0) is 4.74 Å². The van der Waals surface area contributed by atoms with Crippen LogP contribution in [0.5, 0.6) is 11.5 Å². The lowest BCUT2D eigenvalue weighted by Gasteiger charge is -2.34. The Balaban J connectivity index is 1.82. The fourth-order valence-corrected chi connectivity index (χ4v) is 2.65. The standard InChI is InChI=1S/C15H17NO4/c1-9-6-16(7-10(2)19-9)8-14-15(18)12-4-3-11(17)5-13(12)20-14/h3-5,8-10,17H,6-7H2,1-2H3/t9-,10+. The summed E-state index contributed by atoms with van der Waals surface area (Å²) in [6, 6.07) is 4.53. The molecule has 3 rings (SSSR count). The molecule has 106 valence electrons. The molecule has 0 unspecified atom stereocenters. The quantitative estimate of drug-likeness (QED) is 0.793. The van der Waals surface area contributed by atoms with Gasteiger partial charge >= 0.3 is 0 Å². The number of aromatic hydroxyl groups is 1. The van der Waals surface area contributed by atoms with E-state index in [1.807, 2.05) is 18.7 Å². The molecular formula is C15H17NO4. The maximum atomic E-state index is 12.2. The number of hydrogen-bond acceptors (Lipinski definition) is 5. The second kappa shape index (κ2) is 4.83. The van der Waals surface area contributed by atoms with E-state index in [0.29, 0.717) is 17.1 Å². The molecule has 0 spiro atoms. The Morgan fingerprint density at radius 3 is 2.70 bits per heavy atom. The van der Waals surface area contributed by atoms with Gasteiger partial charge in [-0.1, -0.05) is 0 Å². The van der Waals surface area contributed by atoms with Crippen LogP contribution >= 0.6 is 0 Å². The van der Waals surface area contributed by atoms with E-state index in [1.165, 1.54) is 12.1 Å². The van der Waals surface area contributed by atoms with Crippen LogP contribution in [0.4, 0.5) is 0 Å². The second-order valence-corrected chi connectivity index (χ2v) is 5.32. The molecule has 2 aliphatic heterocycles. The number of nitrogens with zero attached hydrogens (tertiary/aromatic N) is 1. The van der Waals surface area contributed by atoms with Gasteiger partial charge in [0.2, 0.25) is 5.78 Å². The zero-order chi connectivity index (χ0) is 14.3. The van der Waals surface area contributed by atoms with Crippen molar-refractivity contribution in [3.05, 3.63) is 35.7 Å². The maximum Gasteiger partial charge on any atom is 0.233 e. The van der Waals surface area contributed by atoms with Crippen molar-refractivity contribution in [2.24, 2.45) is 0 Å². The Morgan fingerprint density at radius 1 is 1.30 bits per heavy atom. The third kappa shape index (κ3) is 2.36. The molecule has 2 atom stereocenters. The Hall–Kier alpha value is -2.01. The number of allylic oxidation sites excluding steroid dienone is 1. The van der Waals surface area contributed by atoms with Gasteiger partial charge in [-0.25, -0.2) is 0 Å². The largest absolute Gasteiger partial charge is 0.508 e. The molecule has 2 aliphatic rings. The minimum Gasteiger partial charge on any atom is -0.508 e. The highest BCUT2D eigenvalue weighted by Gasteiger charge is 2.29. The van der Waals surface area contributed by atoms with Crippen LogP contribution in [0.25, 0.3) is 0 Å². The number of carbonyl (C=O) groups is 1. The number of ether oxygens (including phenoxy) is 2. The van der Waals surface area contributed by atoms with Gasteiger partial charge in [0.1, 0.15) is 11.5 Å². The summed E-state index contributed by atoms with van der Waals surface area (Å²) in [5, 5.41) is 9.42. The van der Waals surface area contributed by atoms with E-state index in [0.717, 1.165) is 13.1 Å². The highest BCUT2D eigenvalue weighted by atomic mass is 16.5. The Kier molecular flexibility index (Phi) is 3.14. The zero-order valence-corrected chi connectivity index (χ0v) is 11.5. The van der Waals surface area contributed by atoms with E-state index < -0.39 is 0 Å². The van der Waals surface area contributed by atoms with Gasteiger partial charge in [0.05, 0.1) is 17.8 Å². The highest BCUT2D eigenvalue weighted by molar-refractivity contribution is 6.12. The van der Waals surface area contributed by atoms with Gasteiger partial charge < -0.3 is 19.5 Å². The fourth-order valence-electron chi connectivity index (χ4n) is 2.65. The number of benzene rings is 1. The Morgan fingerprint density at radius 2 is 2.00 bits per heavy atom. The molecule has 0 bridgehead atoms. The van der Waals surface area contributed by atoms with Gasteiger partial charge in [0.25, 0.3) is 0 Å². The summed E-state index contributed by atoms with van der Waals surface area (Å²) in [4.78, 5) is 14.3. The lowest BCUT2D eigenvalue weighted by atomic mass is 10.1. The number of fused-ring (bicyclic) bond motifs is 1. The van der Waals surface area contributed by atoms with Crippen molar-refractivity contribution < 1.29 is 19.4 Å². The van der Waals surface area contributed by atoms with Gasteiger partial charge in [-0.15, -0.1) is 0 Å². The Labute approximate surface area is 117 Å². The number of morpholine rings is 1. The first kappa shape index (κ1) is 13.0. The number of ketones is 1. The van der Waals surface area contributed by atoms with Crippen molar-refractivity contribution in [1.82, 2.24) is 4.90 Å². The van der Waals surface area contributed by atoms with E-state index in [2.05, 4.69) is 0 Å². The fraction of sp³-hybridized carbons (Fsp3) is 0.400. The van der Waals surface area contributed by atoms with Crippen molar-refractivity contribution in [3.8, 4) is 11.5 Å². The summed E-state index contributed by atoms with van der Waals surface area (Å²) in [5.74, 6) is 0.653. The van der Waals surface area contributed by atoms with E-state index in [1.54, 1.807) is 12.3 Å². The van der Waals surface area contributed by atoms with Gasteiger partial charge in [-0.2, -0.15) is 0 Å². The van der Waals surface area contributed by atoms with Gasteiger partial charge in [-0.3, -0.25) is 4.79 Å².